The zero-order valence-electron chi connectivity index (χ0n) is 23.0. The predicted octanol–water partition coefficient (Wildman–Crippen LogP) is 6.12. The third-order valence-electron chi connectivity index (χ3n) is 6.15. The summed E-state index contributed by atoms with van der Waals surface area (Å²) in [6.07, 6.45) is 4.89. The second kappa shape index (κ2) is 13.5. The molecule has 9 nitrogen and oxygen atoms in total. The van der Waals surface area contributed by atoms with Gasteiger partial charge >= 0.3 is 0 Å². The van der Waals surface area contributed by atoms with Crippen LogP contribution >= 0.6 is 11.8 Å². The number of para-hydroxylation sites is 1. The quantitative estimate of drug-likeness (QED) is 0.138. The van der Waals surface area contributed by atoms with Crippen molar-refractivity contribution in [3.05, 3.63) is 119 Å². The second-order valence-electron chi connectivity index (χ2n) is 9.22. The first kappa shape index (κ1) is 28.4. The van der Waals surface area contributed by atoms with E-state index in [9.17, 15) is 9.59 Å². The Morgan fingerprint density at radius 1 is 1.02 bits per heavy atom. The van der Waals surface area contributed by atoms with Gasteiger partial charge in [0, 0.05) is 11.3 Å². The number of carbonyl (C=O) groups is 2. The lowest BCUT2D eigenvalue weighted by Crippen LogP contribution is -2.28. The third kappa shape index (κ3) is 7.35. The monoisotopic (exact) mass is 580 g/mol. The van der Waals surface area contributed by atoms with Crippen molar-refractivity contribution in [1.29, 1.82) is 0 Å². The Kier molecular flexibility index (Phi) is 9.15. The number of methoxy groups -OCH3 is 1. The first-order valence-corrected chi connectivity index (χ1v) is 13.9. The Morgan fingerprint density at radius 2 is 1.81 bits per heavy atom. The van der Waals surface area contributed by atoms with Crippen molar-refractivity contribution < 1.29 is 23.5 Å². The number of anilines is 1. The molecule has 1 fully saturated rings. The largest absolute Gasteiger partial charge is 0.497 e. The number of nitrogens with zero attached hydrogens (tertiary/aromatic N) is 3. The molecule has 1 saturated heterocycles. The van der Waals surface area contributed by atoms with E-state index in [1.54, 1.807) is 43.9 Å². The van der Waals surface area contributed by atoms with Gasteiger partial charge in [-0.15, -0.1) is 5.10 Å². The summed E-state index contributed by atoms with van der Waals surface area (Å²) in [5.74, 6) is 1.28. The molecule has 0 atom stereocenters. The lowest BCUT2D eigenvalue weighted by Gasteiger charge is -2.12. The lowest BCUT2D eigenvalue weighted by molar-refractivity contribution is -0.122. The Hall–Kier alpha value is -5.09. The number of nitrogens with one attached hydrogen (secondary N) is 1. The Labute approximate surface area is 247 Å². The van der Waals surface area contributed by atoms with E-state index in [-0.39, 0.29) is 25.0 Å². The number of carbonyl (C=O) groups excluding carboxylic acids is 2. The number of furan rings is 1. The first-order valence-electron chi connectivity index (χ1n) is 13.1. The molecule has 10 heteroatoms. The van der Waals surface area contributed by atoms with Gasteiger partial charge in [0.25, 0.3) is 11.8 Å². The zero-order valence-corrected chi connectivity index (χ0v) is 23.8. The van der Waals surface area contributed by atoms with Crippen LogP contribution in [-0.2, 0) is 16.1 Å². The van der Waals surface area contributed by atoms with Crippen molar-refractivity contribution in [2.45, 2.75) is 13.5 Å². The molecule has 1 N–H and O–H groups in total. The highest BCUT2D eigenvalue weighted by Gasteiger charge is 2.34. The van der Waals surface area contributed by atoms with Gasteiger partial charge in [-0.2, -0.15) is 5.10 Å². The van der Waals surface area contributed by atoms with Crippen LogP contribution in [0.25, 0.3) is 6.08 Å². The van der Waals surface area contributed by atoms with Crippen molar-refractivity contribution in [3.63, 3.8) is 0 Å². The average molecular weight is 581 g/mol. The molecule has 0 unspecified atom stereocenters. The van der Waals surface area contributed by atoms with Crippen LogP contribution in [-0.4, -0.2) is 41.8 Å². The van der Waals surface area contributed by atoms with Crippen LogP contribution in [0, 0.1) is 6.92 Å². The number of thioether (sulfide) groups is 1. The van der Waals surface area contributed by atoms with Crippen LogP contribution in [0.15, 0.2) is 111 Å². The fraction of sp³-hybridized carbons (Fsp3) is 0.125. The molecule has 212 valence electrons. The van der Waals surface area contributed by atoms with E-state index in [1.807, 2.05) is 73.7 Å². The summed E-state index contributed by atoms with van der Waals surface area (Å²) >= 11 is 1.20. The lowest BCUT2D eigenvalue weighted by atomic mass is 10.2. The molecule has 3 aromatic carbocycles. The Bertz CT molecular complexity index is 1630. The average Bonchev–Trinajstić information content (AvgIpc) is 3.62. The van der Waals surface area contributed by atoms with E-state index >= 15 is 0 Å². The van der Waals surface area contributed by atoms with Crippen LogP contribution in [0.3, 0.4) is 0 Å². The maximum atomic E-state index is 13.5. The van der Waals surface area contributed by atoms with Gasteiger partial charge in [-0.05, 0) is 84.9 Å². The van der Waals surface area contributed by atoms with Crippen LogP contribution in [0.2, 0.25) is 0 Å². The second-order valence-corrected chi connectivity index (χ2v) is 10.2. The molecule has 1 aromatic heterocycles. The van der Waals surface area contributed by atoms with Crippen LogP contribution in [0.5, 0.6) is 11.5 Å². The Morgan fingerprint density at radius 3 is 2.55 bits per heavy atom. The van der Waals surface area contributed by atoms with E-state index in [4.69, 9.17) is 13.9 Å². The molecular formula is C32H28N4O5S. The number of hydrogen-bond donors (Lipinski definition) is 1. The van der Waals surface area contributed by atoms with Gasteiger partial charge < -0.3 is 19.2 Å². The Balaban J connectivity index is 1.33. The van der Waals surface area contributed by atoms with E-state index in [0.29, 0.717) is 32.8 Å². The molecule has 2 heterocycles. The highest BCUT2D eigenvalue weighted by atomic mass is 32.2. The fourth-order valence-electron chi connectivity index (χ4n) is 3.97. The van der Waals surface area contributed by atoms with Crippen LogP contribution in [0.1, 0.15) is 22.5 Å². The highest BCUT2D eigenvalue weighted by Crippen LogP contribution is 2.35. The minimum Gasteiger partial charge on any atom is -0.497 e. The van der Waals surface area contributed by atoms with Crippen molar-refractivity contribution in [1.82, 2.24) is 4.90 Å². The normalized spacial score (nSPS) is 15.1. The number of amidine groups is 1. The summed E-state index contributed by atoms with van der Waals surface area (Å²) < 4.78 is 16.5. The molecule has 5 rings (SSSR count). The van der Waals surface area contributed by atoms with Gasteiger partial charge in [-0.25, -0.2) is 0 Å². The molecule has 0 bridgehead atoms. The zero-order chi connectivity index (χ0) is 29.3. The SMILES string of the molecule is COc1ccc(/C=N\N=C2\S/C(=C\c3ccccc3OCC(=O)Nc3ccc(C)cc3)C(=O)N2Cc2ccco2)cc1. The summed E-state index contributed by atoms with van der Waals surface area (Å²) in [4.78, 5) is 27.9. The summed E-state index contributed by atoms with van der Waals surface area (Å²) in [6, 6.07) is 25.7. The molecule has 42 heavy (non-hydrogen) atoms. The van der Waals surface area contributed by atoms with Gasteiger partial charge in [-0.3, -0.25) is 14.5 Å². The molecule has 0 spiro atoms. The number of benzene rings is 3. The summed E-state index contributed by atoms with van der Waals surface area (Å²) in [6.45, 7) is 1.99. The first-order chi connectivity index (χ1) is 20.5. The molecule has 1 aliphatic rings. The maximum absolute atomic E-state index is 13.5. The summed E-state index contributed by atoms with van der Waals surface area (Å²) in [5, 5.41) is 11.8. The van der Waals surface area contributed by atoms with Gasteiger partial charge in [0.1, 0.15) is 17.3 Å². The van der Waals surface area contributed by atoms with Gasteiger partial charge in [0.05, 0.1) is 31.0 Å². The van der Waals surface area contributed by atoms with Gasteiger partial charge in [0.2, 0.25) is 0 Å². The van der Waals surface area contributed by atoms with E-state index in [2.05, 4.69) is 15.5 Å². The minimum absolute atomic E-state index is 0.188. The summed E-state index contributed by atoms with van der Waals surface area (Å²) in [7, 11) is 1.61. The van der Waals surface area contributed by atoms with Crippen molar-refractivity contribution in [2.75, 3.05) is 19.0 Å². The highest BCUT2D eigenvalue weighted by molar-refractivity contribution is 8.18. The molecule has 0 aliphatic carbocycles. The molecule has 1 aliphatic heterocycles. The molecule has 0 saturated carbocycles. The van der Waals surface area contributed by atoms with Crippen LogP contribution < -0.4 is 14.8 Å². The number of amides is 2. The molecule has 4 aromatic rings. The van der Waals surface area contributed by atoms with Gasteiger partial charge in [-0.1, -0.05) is 35.9 Å². The maximum Gasteiger partial charge on any atom is 0.267 e. The number of aryl methyl sites for hydroxylation is 1. The van der Waals surface area contributed by atoms with E-state index in [0.717, 1.165) is 16.9 Å². The summed E-state index contributed by atoms with van der Waals surface area (Å²) in [5.41, 5.74) is 3.28. The topological polar surface area (TPSA) is 106 Å². The van der Waals surface area contributed by atoms with E-state index in [1.165, 1.54) is 16.7 Å². The van der Waals surface area contributed by atoms with Crippen molar-refractivity contribution >= 4 is 46.7 Å². The number of rotatable bonds is 10. The third-order valence-corrected chi connectivity index (χ3v) is 7.14. The fourth-order valence-corrected chi connectivity index (χ4v) is 4.89. The number of hydrogen-bond acceptors (Lipinski definition) is 8. The van der Waals surface area contributed by atoms with Crippen molar-refractivity contribution in [3.8, 4) is 11.5 Å². The molecular weight excluding hydrogens is 552 g/mol. The predicted molar refractivity (Wildman–Crippen MR) is 165 cm³/mol. The number of ether oxygens (including phenoxy) is 2. The smallest absolute Gasteiger partial charge is 0.267 e. The van der Waals surface area contributed by atoms with Crippen LogP contribution in [0.4, 0.5) is 5.69 Å². The molecule has 0 radical (unpaired) electrons. The van der Waals surface area contributed by atoms with Gasteiger partial charge in [0.15, 0.2) is 11.8 Å². The minimum atomic E-state index is -0.290. The molecule has 2 amide bonds. The van der Waals surface area contributed by atoms with E-state index < -0.39 is 0 Å². The van der Waals surface area contributed by atoms with Crippen molar-refractivity contribution in [2.24, 2.45) is 10.2 Å². The standard InChI is InChI=1S/C32H28N4O5S/c1-22-9-13-25(14-10-22)34-30(37)21-41-28-8-4-3-6-24(28)18-29-31(38)36(20-27-7-5-17-40-27)32(42-29)35-33-19-23-11-15-26(39-2)16-12-23/h3-19H,20-21H2,1-2H3,(H,34,37)/b29-18-,33-19-,35-32+.